The molecule has 2 saturated heterocycles. The quantitative estimate of drug-likeness (QED) is 0.207. The largest absolute Gasteiger partial charge is 0.756 e. The van der Waals surface area contributed by atoms with E-state index in [4.69, 9.17) is 20.1 Å². The van der Waals surface area contributed by atoms with Gasteiger partial charge in [0.2, 0.25) is 11.7 Å². The maximum atomic E-state index is 12.2. The first-order valence-corrected chi connectivity index (χ1v) is 11.3. The molecule has 0 radical (unpaired) electrons. The van der Waals surface area contributed by atoms with E-state index >= 15 is 0 Å². The van der Waals surface area contributed by atoms with Crippen molar-refractivity contribution in [2.45, 2.75) is 24.0 Å². The van der Waals surface area contributed by atoms with Crippen molar-refractivity contribution in [3.63, 3.8) is 0 Å². The van der Waals surface area contributed by atoms with Crippen LogP contribution in [0.2, 0.25) is 0 Å². The van der Waals surface area contributed by atoms with E-state index in [1.165, 1.54) is 15.5 Å². The van der Waals surface area contributed by atoms with Gasteiger partial charge in [0, 0.05) is 0 Å². The number of nitrogens with two attached hydrogens (primary N) is 1. The average molecular weight is 469 g/mol. The minimum atomic E-state index is -5.56. The summed E-state index contributed by atoms with van der Waals surface area (Å²) >= 11 is 0. The second-order valence-electron chi connectivity index (χ2n) is 6.84. The predicted molar refractivity (Wildman–Crippen MR) is 91.2 cm³/mol. The Bertz CT molecular complexity index is 1160. The number of anilines is 1. The number of H-pyrrole nitrogens is 1. The Kier molecular flexibility index (Phi) is 4.95. The molecule has 4 heterocycles. The molecule has 2 aliphatic rings. The summed E-state index contributed by atoms with van der Waals surface area (Å²) in [6, 6.07) is 0. The van der Waals surface area contributed by atoms with Crippen molar-refractivity contribution in [1.29, 1.82) is 0 Å². The summed E-state index contributed by atoms with van der Waals surface area (Å²) in [4.78, 5) is 47.3. The molecule has 16 nitrogen and oxygen atoms in total. The van der Waals surface area contributed by atoms with E-state index in [9.17, 15) is 28.8 Å². The molecule has 6 N–H and O–H groups in total. The van der Waals surface area contributed by atoms with Crippen LogP contribution >= 0.6 is 15.6 Å². The third-order valence-corrected chi connectivity index (χ3v) is 6.86. The van der Waals surface area contributed by atoms with Gasteiger partial charge in [0.15, 0.2) is 6.33 Å². The Hall–Kier alpha value is -1.71. The maximum Gasteiger partial charge on any atom is 0.478 e. The fourth-order valence-corrected chi connectivity index (χ4v) is 5.15. The van der Waals surface area contributed by atoms with E-state index in [0.29, 0.717) is 0 Å². The summed E-state index contributed by atoms with van der Waals surface area (Å²) in [5.41, 5.74) is 3.73. The lowest BCUT2D eigenvalue weighted by molar-refractivity contribution is -0.752. The molecule has 2 aromatic heterocycles. The summed E-state index contributed by atoms with van der Waals surface area (Å²) in [5.74, 6) is -0.153. The zero-order valence-electron chi connectivity index (χ0n) is 15.1. The van der Waals surface area contributed by atoms with Gasteiger partial charge < -0.3 is 35.0 Å². The monoisotopic (exact) mass is 469 g/mol. The molecule has 0 aromatic carbocycles. The van der Waals surface area contributed by atoms with Crippen LogP contribution in [-0.4, -0.2) is 60.5 Å². The predicted octanol–water partition coefficient (Wildman–Crippen LogP) is -3.25. The molecular weight excluding hydrogens is 452 g/mol. The fourth-order valence-electron chi connectivity index (χ4n) is 3.54. The van der Waals surface area contributed by atoms with E-state index in [1.54, 1.807) is 7.05 Å². The molecular formula is C12H17N5O11P2. The molecule has 166 valence electrons. The van der Waals surface area contributed by atoms with Crippen LogP contribution in [0.1, 0.15) is 6.23 Å². The number of phosphoric ester groups is 1. The lowest BCUT2D eigenvalue weighted by atomic mass is 10.0. The second-order valence-corrected chi connectivity index (χ2v) is 9.63. The van der Waals surface area contributed by atoms with Crippen molar-refractivity contribution in [1.82, 2.24) is 14.5 Å². The van der Waals surface area contributed by atoms with Crippen LogP contribution in [-0.2, 0) is 34.5 Å². The number of aryl methyl sites for hydroxylation is 1. The SMILES string of the molecule is Cn1c[n+]([C@@H]2O[C@@]3(COP(=O)(O)OP(=O)([O-])O)CO[C@H]2C3O)c2nc(N)[nH]c(=O)c21. The van der Waals surface area contributed by atoms with Crippen LogP contribution in [0.4, 0.5) is 5.95 Å². The number of imidazole rings is 1. The number of phosphoric acid groups is 2. The van der Waals surface area contributed by atoms with Gasteiger partial charge in [-0.15, -0.1) is 0 Å². The van der Waals surface area contributed by atoms with Gasteiger partial charge in [-0.05, 0) is 0 Å². The van der Waals surface area contributed by atoms with Crippen molar-refractivity contribution in [2.75, 3.05) is 18.9 Å². The fraction of sp³-hybridized carbons (Fsp3) is 0.583. The molecule has 3 unspecified atom stereocenters. The first-order valence-electron chi connectivity index (χ1n) is 8.28. The summed E-state index contributed by atoms with van der Waals surface area (Å²) in [6.45, 7) is -1.07. The number of aromatic nitrogens is 4. The summed E-state index contributed by atoms with van der Waals surface area (Å²) < 4.78 is 44.8. The van der Waals surface area contributed by atoms with E-state index in [-0.39, 0.29) is 23.7 Å². The summed E-state index contributed by atoms with van der Waals surface area (Å²) in [5, 5.41) is 10.6. The molecule has 0 amide bonds. The van der Waals surface area contributed by atoms with Gasteiger partial charge in [0.1, 0.15) is 17.8 Å². The van der Waals surface area contributed by atoms with Gasteiger partial charge in [-0.1, -0.05) is 4.98 Å². The molecule has 30 heavy (non-hydrogen) atoms. The van der Waals surface area contributed by atoms with E-state index in [1.807, 2.05) is 0 Å². The Morgan fingerprint density at radius 3 is 2.90 bits per heavy atom. The van der Waals surface area contributed by atoms with Crippen molar-refractivity contribution < 1.29 is 51.8 Å². The highest BCUT2D eigenvalue weighted by atomic mass is 31.3. The van der Waals surface area contributed by atoms with E-state index in [2.05, 4.69) is 18.8 Å². The van der Waals surface area contributed by atoms with Gasteiger partial charge in [0.05, 0.1) is 20.3 Å². The first kappa shape index (κ1) is 21.5. The van der Waals surface area contributed by atoms with Gasteiger partial charge in [-0.25, -0.2) is 13.4 Å². The number of ether oxygens (including phenoxy) is 2. The van der Waals surface area contributed by atoms with Crippen LogP contribution < -0.4 is 20.8 Å². The lowest BCUT2D eigenvalue weighted by Crippen LogP contribution is -2.50. The number of rotatable bonds is 6. The molecule has 2 aliphatic heterocycles. The van der Waals surface area contributed by atoms with Gasteiger partial charge in [0.25, 0.3) is 19.3 Å². The Morgan fingerprint density at radius 1 is 1.53 bits per heavy atom. The number of nitrogen functional groups attached to an aromatic ring is 1. The standard InChI is InChI=1S/C12H17N5O11P2/c1-16-4-17(8-5(16)9(19)15-11(13)14-8)10-6-7(18)12(27-10,2-25-6)3-26-30(23,24)28-29(20,21)22/h4,6-7,10,18H,2-3H2,1H3,(H5-,13,14,15,19,20,21,22,23,24)/t6-,7?,10+,12+/m0/s1. The number of aliphatic hydroxyl groups excluding tert-OH is 1. The molecule has 0 spiro atoms. The Morgan fingerprint density at radius 2 is 2.23 bits per heavy atom. The zero-order valence-corrected chi connectivity index (χ0v) is 16.9. The number of nitrogens with zero attached hydrogens (tertiary/aromatic N) is 3. The van der Waals surface area contributed by atoms with Gasteiger partial charge >= 0.3 is 13.5 Å². The normalized spacial score (nSPS) is 32.4. The summed E-state index contributed by atoms with van der Waals surface area (Å²) in [6.07, 6.45) is -1.91. The smallest absolute Gasteiger partial charge is 0.478 e. The van der Waals surface area contributed by atoms with Crippen molar-refractivity contribution in [3.8, 4) is 0 Å². The van der Waals surface area contributed by atoms with Crippen LogP contribution in [0.25, 0.3) is 11.2 Å². The maximum absolute atomic E-state index is 12.2. The van der Waals surface area contributed by atoms with Crippen LogP contribution in [0.15, 0.2) is 11.1 Å². The number of aromatic amines is 1. The van der Waals surface area contributed by atoms with Crippen LogP contribution in [0.3, 0.4) is 0 Å². The third kappa shape index (κ3) is 3.61. The number of aliphatic hydroxyl groups is 1. The van der Waals surface area contributed by atoms with Crippen molar-refractivity contribution in [2.24, 2.45) is 7.05 Å². The van der Waals surface area contributed by atoms with Crippen LogP contribution in [0, 0.1) is 0 Å². The minimum absolute atomic E-state index is 0.131. The molecule has 2 aromatic rings. The van der Waals surface area contributed by atoms with Gasteiger partial charge in [-0.2, -0.15) is 0 Å². The lowest BCUT2D eigenvalue weighted by Gasteiger charge is -2.30. The molecule has 4 rings (SSSR count). The number of fused-ring (bicyclic) bond motifs is 3. The Labute approximate surface area is 166 Å². The summed E-state index contributed by atoms with van der Waals surface area (Å²) in [7, 11) is -9.21. The highest BCUT2D eigenvalue weighted by Gasteiger charge is 2.64. The number of hydrogen-bond donors (Lipinski definition) is 5. The number of nitrogens with one attached hydrogen (secondary N) is 1. The highest BCUT2D eigenvalue weighted by Crippen LogP contribution is 2.57. The molecule has 2 fully saturated rings. The van der Waals surface area contributed by atoms with Crippen molar-refractivity contribution in [3.05, 3.63) is 16.7 Å². The van der Waals surface area contributed by atoms with E-state index < -0.39 is 51.8 Å². The molecule has 6 atom stereocenters. The van der Waals surface area contributed by atoms with Gasteiger partial charge in [-0.3, -0.25) is 23.4 Å². The molecule has 0 aliphatic carbocycles. The molecule has 18 heteroatoms. The second kappa shape index (κ2) is 6.90. The van der Waals surface area contributed by atoms with Crippen LogP contribution in [0.5, 0.6) is 0 Å². The molecule has 0 saturated carbocycles. The van der Waals surface area contributed by atoms with E-state index in [0.717, 1.165) is 0 Å². The average Bonchev–Trinajstić information content (AvgIpc) is 3.18. The minimum Gasteiger partial charge on any atom is -0.756 e. The molecule has 2 bridgehead atoms. The third-order valence-electron chi connectivity index (χ3n) is 4.75. The van der Waals surface area contributed by atoms with Crippen molar-refractivity contribution >= 4 is 32.8 Å². The zero-order chi connectivity index (χ0) is 22.1. The number of hydrogen-bond acceptors (Lipinski definition) is 11. The first-order chi connectivity index (χ1) is 13.8. The topological polar surface area (TPSA) is 235 Å². The highest BCUT2D eigenvalue weighted by molar-refractivity contribution is 7.60. The Balaban J connectivity index is 1.63.